The fraction of sp³-hybridized carbons (Fsp3) is 0.0714. The van der Waals surface area contributed by atoms with Crippen LogP contribution in [-0.4, -0.2) is 21.4 Å². The predicted octanol–water partition coefficient (Wildman–Crippen LogP) is 4.14. The van der Waals surface area contributed by atoms with Gasteiger partial charge in [-0.15, -0.1) is 0 Å². The van der Waals surface area contributed by atoms with Crippen molar-refractivity contribution in [2.75, 3.05) is 0 Å². The first-order valence-corrected chi connectivity index (χ1v) is 11.1. The number of hydrazine groups is 1. The van der Waals surface area contributed by atoms with E-state index in [9.17, 15) is 14.4 Å². The maximum Gasteiger partial charge on any atom is 0.270 e. The molecule has 7 nitrogen and oxygen atoms in total. The van der Waals surface area contributed by atoms with Gasteiger partial charge >= 0.3 is 0 Å². The third-order valence-corrected chi connectivity index (χ3v) is 6.00. The number of benzene rings is 3. The van der Waals surface area contributed by atoms with Crippen molar-refractivity contribution in [2.24, 2.45) is 7.05 Å². The van der Waals surface area contributed by atoms with Gasteiger partial charge < -0.3 is 4.57 Å². The molecule has 0 bridgehead atoms. The van der Waals surface area contributed by atoms with Crippen molar-refractivity contribution in [2.45, 2.75) is 6.92 Å². The summed E-state index contributed by atoms with van der Waals surface area (Å²) in [5.41, 5.74) is 9.15. The van der Waals surface area contributed by atoms with Crippen molar-refractivity contribution in [3.63, 3.8) is 0 Å². The summed E-state index contributed by atoms with van der Waals surface area (Å²) < 4.78 is 1.47. The first-order valence-electron chi connectivity index (χ1n) is 11.1. The van der Waals surface area contributed by atoms with E-state index in [2.05, 4.69) is 10.9 Å². The number of aromatic nitrogens is 2. The quantitative estimate of drug-likeness (QED) is 0.394. The first kappa shape index (κ1) is 22.0. The maximum absolute atomic E-state index is 13.2. The molecule has 0 fully saturated rings. The smallest absolute Gasteiger partial charge is 0.270 e. The summed E-state index contributed by atoms with van der Waals surface area (Å²) in [6.45, 7) is 2.00. The van der Waals surface area contributed by atoms with E-state index in [0.717, 1.165) is 11.1 Å². The number of para-hydroxylation sites is 2. The van der Waals surface area contributed by atoms with E-state index in [-0.39, 0.29) is 11.1 Å². The lowest BCUT2D eigenvalue weighted by Gasteiger charge is -2.13. The molecule has 2 N–H and O–H groups in total. The van der Waals surface area contributed by atoms with Gasteiger partial charge in [-0.05, 0) is 25.1 Å². The average Bonchev–Trinajstić information content (AvgIpc) is 2.89. The van der Waals surface area contributed by atoms with Crippen molar-refractivity contribution in [3.8, 4) is 11.3 Å². The van der Waals surface area contributed by atoms with Gasteiger partial charge in [0.05, 0.1) is 27.9 Å². The Kier molecular flexibility index (Phi) is 5.58. The average molecular weight is 463 g/mol. The van der Waals surface area contributed by atoms with Crippen molar-refractivity contribution in [1.82, 2.24) is 20.4 Å². The predicted molar refractivity (Wildman–Crippen MR) is 136 cm³/mol. The highest BCUT2D eigenvalue weighted by molar-refractivity contribution is 6.10. The molecule has 0 saturated heterocycles. The lowest BCUT2D eigenvalue weighted by atomic mass is 10.0. The second-order valence-corrected chi connectivity index (χ2v) is 8.32. The largest absolute Gasteiger partial charge is 0.311 e. The molecule has 35 heavy (non-hydrogen) atoms. The normalized spacial score (nSPS) is 10.9. The lowest BCUT2D eigenvalue weighted by molar-refractivity contribution is 0.0848. The molecule has 0 saturated carbocycles. The highest BCUT2D eigenvalue weighted by atomic mass is 16.2. The summed E-state index contributed by atoms with van der Waals surface area (Å²) >= 11 is 0. The van der Waals surface area contributed by atoms with Gasteiger partial charge in [-0.3, -0.25) is 25.2 Å². The Morgan fingerprint density at radius 3 is 2.09 bits per heavy atom. The number of carbonyl (C=O) groups excluding carboxylic acids is 2. The van der Waals surface area contributed by atoms with Crippen molar-refractivity contribution in [3.05, 3.63) is 112 Å². The number of amides is 2. The van der Waals surface area contributed by atoms with Gasteiger partial charge in [0.2, 0.25) is 0 Å². The Bertz CT molecular complexity index is 1670. The molecule has 0 radical (unpaired) electrons. The summed E-state index contributed by atoms with van der Waals surface area (Å²) in [6.07, 6.45) is 0. The first-order chi connectivity index (χ1) is 16.9. The number of rotatable bonds is 3. The highest BCUT2D eigenvalue weighted by Crippen LogP contribution is 2.25. The highest BCUT2D eigenvalue weighted by Gasteiger charge is 2.17. The molecule has 0 spiro atoms. The molecule has 0 atom stereocenters. The van der Waals surface area contributed by atoms with Crippen LogP contribution in [0.2, 0.25) is 0 Å². The van der Waals surface area contributed by atoms with Crippen LogP contribution in [0.15, 0.2) is 89.7 Å². The second kappa shape index (κ2) is 8.87. The maximum atomic E-state index is 13.2. The number of hydrogen-bond acceptors (Lipinski definition) is 4. The molecule has 172 valence electrons. The molecular weight excluding hydrogens is 440 g/mol. The van der Waals surface area contributed by atoms with Crippen molar-refractivity contribution < 1.29 is 9.59 Å². The fourth-order valence-electron chi connectivity index (χ4n) is 4.08. The summed E-state index contributed by atoms with van der Waals surface area (Å²) in [4.78, 5) is 43.2. The third kappa shape index (κ3) is 4.15. The number of pyridine rings is 2. The van der Waals surface area contributed by atoms with Gasteiger partial charge in [-0.25, -0.2) is 4.98 Å². The van der Waals surface area contributed by atoms with E-state index in [1.165, 1.54) is 10.6 Å². The lowest BCUT2D eigenvalue weighted by Crippen LogP contribution is -2.42. The van der Waals surface area contributed by atoms with E-state index in [1.54, 1.807) is 37.4 Å². The van der Waals surface area contributed by atoms with Crippen LogP contribution in [0.1, 0.15) is 26.3 Å². The van der Waals surface area contributed by atoms with Crippen LogP contribution in [-0.2, 0) is 7.05 Å². The van der Waals surface area contributed by atoms with Gasteiger partial charge in [-0.1, -0.05) is 66.2 Å². The van der Waals surface area contributed by atoms with Crippen molar-refractivity contribution in [1.29, 1.82) is 0 Å². The molecule has 0 unspecified atom stereocenters. The topological polar surface area (TPSA) is 93.1 Å². The van der Waals surface area contributed by atoms with Crippen LogP contribution in [0, 0.1) is 6.92 Å². The molecule has 0 aliphatic carbocycles. The number of fused-ring (bicyclic) bond motifs is 2. The van der Waals surface area contributed by atoms with E-state index in [0.29, 0.717) is 33.1 Å². The van der Waals surface area contributed by atoms with E-state index < -0.39 is 11.8 Å². The van der Waals surface area contributed by atoms with E-state index >= 15 is 0 Å². The monoisotopic (exact) mass is 462 g/mol. The number of aryl methyl sites for hydroxylation is 2. The van der Waals surface area contributed by atoms with Crippen LogP contribution in [0.25, 0.3) is 33.1 Å². The second-order valence-electron chi connectivity index (χ2n) is 8.32. The zero-order valence-corrected chi connectivity index (χ0v) is 19.2. The fourth-order valence-corrected chi connectivity index (χ4v) is 4.08. The van der Waals surface area contributed by atoms with E-state index in [1.807, 2.05) is 55.5 Å². The number of carbonyl (C=O) groups is 2. The molecule has 2 aromatic heterocycles. The Hall–Kier alpha value is -4.78. The summed E-state index contributed by atoms with van der Waals surface area (Å²) in [5.74, 6) is -1.07. The summed E-state index contributed by atoms with van der Waals surface area (Å²) in [6, 6.07) is 25.3. The number of nitrogens with one attached hydrogen (secondary N) is 2. The zero-order valence-electron chi connectivity index (χ0n) is 19.2. The molecule has 5 aromatic rings. The molecule has 7 heteroatoms. The van der Waals surface area contributed by atoms with Crippen LogP contribution in [0.5, 0.6) is 0 Å². The summed E-state index contributed by atoms with van der Waals surface area (Å²) in [7, 11) is 1.65. The Morgan fingerprint density at radius 1 is 0.771 bits per heavy atom. The minimum Gasteiger partial charge on any atom is -0.311 e. The molecule has 0 aliphatic heterocycles. The van der Waals surface area contributed by atoms with Gasteiger partial charge in [0.1, 0.15) is 0 Å². The molecule has 0 aliphatic rings. The van der Waals surface area contributed by atoms with Gasteiger partial charge in [0, 0.05) is 29.4 Å². The minimum atomic E-state index is -0.579. The Balaban J connectivity index is 1.47. The molecular formula is C28H22N4O3. The Labute approximate surface area is 201 Å². The SMILES string of the molecule is Cc1ccc(-c2cc(C(=O)NNC(=O)c3cc(=O)n(C)c4ccccc34)c3ccccc3n2)cc1. The molecule has 2 amide bonds. The van der Waals surface area contributed by atoms with Crippen LogP contribution in [0.3, 0.4) is 0 Å². The van der Waals surface area contributed by atoms with Crippen LogP contribution in [0.4, 0.5) is 0 Å². The minimum absolute atomic E-state index is 0.184. The molecule has 5 rings (SSSR count). The van der Waals surface area contributed by atoms with Gasteiger partial charge in [0.25, 0.3) is 17.4 Å². The van der Waals surface area contributed by atoms with E-state index in [4.69, 9.17) is 4.98 Å². The van der Waals surface area contributed by atoms with Crippen LogP contribution < -0.4 is 16.4 Å². The Morgan fingerprint density at radius 2 is 1.37 bits per heavy atom. The summed E-state index contributed by atoms with van der Waals surface area (Å²) in [5, 5.41) is 1.27. The zero-order chi connectivity index (χ0) is 24.5. The van der Waals surface area contributed by atoms with Gasteiger partial charge in [0.15, 0.2) is 0 Å². The van der Waals surface area contributed by atoms with Crippen LogP contribution >= 0.6 is 0 Å². The molecule has 3 aromatic carbocycles. The number of hydrogen-bond donors (Lipinski definition) is 2. The third-order valence-electron chi connectivity index (χ3n) is 6.00. The van der Waals surface area contributed by atoms with Crippen molar-refractivity contribution >= 4 is 33.6 Å². The molecule has 2 heterocycles. The van der Waals surface area contributed by atoms with Gasteiger partial charge in [-0.2, -0.15) is 0 Å². The standard InChI is InChI=1S/C28H22N4O3/c1-17-11-13-18(14-12-17)24-15-21(19-7-3-5-9-23(19)29-24)27(34)30-31-28(35)22-16-26(33)32(2)25-10-6-4-8-20(22)25/h3-16H,1-2H3,(H,30,34)(H,31,35). The number of nitrogens with zero attached hydrogens (tertiary/aromatic N) is 2.